The third-order valence-electron chi connectivity index (χ3n) is 6.56. The van der Waals surface area contributed by atoms with E-state index in [1.807, 2.05) is 0 Å². The highest BCUT2D eigenvalue weighted by molar-refractivity contribution is 6.52. The van der Waals surface area contributed by atoms with Crippen molar-refractivity contribution in [3.8, 4) is 0 Å². The summed E-state index contributed by atoms with van der Waals surface area (Å²) < 4.78 is 0. The monoisotopic (exact) mass is 408 g/mol. The molecule has 30 heavy (non-hydrogen) atoms. The number of fused-ring (bicyclic) bond motifs is 1. The predicted octanol–water partition coefficient (Wildman–Crippen LogP) is 7.37. The number of aliphatic hydroxyl groups is 1. The zero-order chi connectivity index (χ0) is 21.2. The van der Waals surface area contributed by atoms with Crippen LogP contribution in [-0.4, -0.2) is 16.7 Å². The Bertz CT molecular complexity index is 787. The fourth-order valence-corrected chi connectivity index (χ4v) is 4.71. The third-order valence-corrected chi connectivity index (χ3v) is 6.56. The van der Waals surface area contributed by atoms with Crippen LogP contribution in [0.4, 0.5) is 0 Å². The van der Waals surface area contributed by atoms with E-state index in [1.54, 1.807) is 24.3 Å². The first-order chi connectivity index (χ1) is 14.7. The summed E-state index contributed by atoms with van der Waals surface area (Å²) in [6.45, 7) is 0. The van der Waals surface area contributed by atoms with Crippen LogP contribution in [0, 0.1) is 5.92 Å². The van der Waals surface area contributed by atoms with Gasteiger partial charge in [0.2, 0.25) is 11.6 Å². The fraction of sp³-hybridized carbons (Fsp3) is 0.556. The first-order valence-electron chi connectivity index (χ1n) is 12.0. The Labute approximate surface area is 181 Å². The van der Waals surface area contributed by atoms with Crippen LogP contribution >= 0.6 is 0 Å². The van der Waals surface area contributed by atoms with E-state index < -0.39 is 11.6 Å². The molecule has 162 valence electrons. The molecule has 0 aliphatic heterocycles. The molecule has 0 fully saturated rings. The van der Waals surface area contributed by atoms with Gasteiger partial charge in [0.05, 0.1) is 0 Å². The van der Waals surface area contributed by atoms with E-state index in [0.717, 1.165) is 25.2 Å². The zero-order valence-corrected chi connectivity index (χ0v) is 18.2. The number of carbonyl (C=O) groups is 2. The van der Waals surface area contributed by atoms with Crippen molar-refractivity contribution >= 4 is 17.3 Å². The second-order valence-corrected chi connectivity index (χ2v) is 8.87. The van der Waals surface area contributed by atoms with Crippen LogP contribution in [0.5, 0.6) is 0 Å². The Morgan fingerprint density at radius 2 is 1.37 bits per heavy atom. The molecule has 3 nitrogen and oxygen atoms in total. The van der Waals surface area contributed by atoms with E-state index in [1.165, 1.54) is 64.2 Å². The van der Waals surface area contributed by atoms with E-state index in [-0.39, 0.29) is 5.76 Å². The zero-order valence-electron chi connectivity index (χ0n) is 18.2. The van der Waals surface area contributed by atoms with Gasteiger partial charge < -0.3 is 5.11 Å². The molecule has 0 heterocycles. The summed E-state index contributed by atoms with van der Waals surface area (Å²) in [7, 11) is 0. The topological polar surface area (TPSA) is 54.4 Å². The summed E-state index contributed by atoms with van der Waals surface area (Å²) in [5.74, 6) is -0.160. The Hall–Kier alpha value is -2.16. The number of Topliss-reactive ketones (excluding diaryl/α,β-unsaturated/α-hetero) is 2. The molecule has 0 amide bonds. The van der Waals surface area contributed by atoms with Crippen LogP contribution in [0.2, 0.25) is 0 Å². The molecule has 1 unspecified atom stereocenters. The van der Waals surface area contributed by atoms with Crippen molar-refractivity contribution in [2.24, 2.45) is 5.92 Å². The molecule has 2 aliphatic rings. The normalized spacial score (nSPS) is 18.3. The summed E-state index contributed by atoms with van der Waals surface area (Å²) in [6, 6.07) is 6.81. The summed E-state index contributed by atoms with van der Waals surface area (Å²) in [5.41, 5.74) is 1.11. The maximum atomic E-state index is 12.3. The number of aliphatic hydroxyl groups excluding tert-OH is 1. The van der Waals surface area contributed by atoms with Gasteiger partial charge in [0.15, 0.2) is 0 Å². The number of carbonyl (C=O) groups excluding carboxylic acids is 2. The second kappa shape index (κ2) is 11.9. The third kappa shape index (κ3) is 6.17. The van der Waals surface area contributed by atoms with Crippen molar-refractivity contribution in [3.05, 3.63) is 53.1 Å². The van der Waals surface area contributed by atoms with Gasteiger partial charge in [0.25, 0.3) is 0 Å². The van der Waals surface area contributed by atoms with Gasteiger partial charge in [-0.25, -0.2) is 0 Å². The summed E-state index contributed by atoms with van der Waals surface area (Å²) in [4.78, 5) is 24.6. The van der Waals surface area contributed by atoms with Gasteiger partial charge in [0.1, 0.15) is 5.76 Å². The van der Waals surface area contributed by atoms with Crippen LogP contribution in [-0.2, 0) is 4.79 Å². The SMILES string of the molecule is O=C1C(=O)c2ccccc2C(O)=C1CCCCCCCCCCCCC1C=CCC1. The van der Waals surface area contributed by atoms with Gasteiger partial charge in [-0.2, -0.15) is 0 Å². The maximum Gasteiger partial charge on any atom is 0.234 e. The minimum Gasteiger partial charge on any atom is -0.507 e. The molecule has 0 saturated carbocycles. The number of ketones is 2. The standard InChI is InChI=1S/C27H36O3/c28-25-22-18-13-14-19-23(22)26(29)27(30)24(25)20-10-8-6-4-2-1-3-5-7-9-15-21-16-11-12-17-21/h11,13-14,16,18-19,21,28H,1-10,12,15,17,20H2. The van der Waals surface area contributed by atoms with Gasteiger partial charge in [-0.05, 0) is 38.0 Å². The first kappa shape index (κ1) is 22.5. The maximum absolute atomic E-state index is 12.3. The molecule has 1 N–H and O–H groups in total. The number of hydrogen-bond donors (Lipinski definition) is 1. The minimum atomic E-state index is -0.532. The van der Waals surface area contributed by atoms with E-state index in [4.69, 9.17) is 0 Å². The number of hydrogen-bond acceptors (Lipinski definition) is 3. The smallest absolute Gasteiger partial charge is 0.234 e. The molecule has 3 heteroatoms. The first-order valence-corrected chi connectivity index (χ1v) is 12.0. The largest absolute Gasteiger partial charge is 0.507 e. The fourth-order valence-electron chi connectivity index (χ4n) is 4.71. The molecule has 1 aromatic carbocycles. The second-order valence-electron chi connectivity index (χ2n) is 8.87. The van der Waals surface area contributed by atoms with E-state index in [2.05, 4.69) is 12.2 Å². The molecular formula is C27H36O3. The van der Waals surface area contributed by atoms with Gasteiger partial charge in [-0.1, -0.05) is 94.2 Å². The van der Waals surface area contributed by atoms with E-state index >= 15 is 0 Å². The quantitative estimate of drug-likeness (QED) is 0.211. The van der Waals surface area contributed by atoms with Gasteiger partial charge in [-0.15, -0.1) is 0 Å². The Balaban J connectivity index is 1.23. The molecule has 0 saturated heterocycles. The lowest BCUT2D eigenvalue weighted by atomic mass is 9.86. The minimum absolute atomic E-state index is 0.000784. The van der Waals surface area contributed by atoms with Crippen molar-refractivity contribution < 1.29 is 14.7 Å². The van der Waals surface area contributed by atoms with E-state index in [9.17, 15) is 14.7 Å². The van der Waals surface area contributed by atoms with Gasteiger partial charge in [-0.3, -0.25) is 9.59 Å². The summed E-state index contributed by atoms with van der Waals surface area (Å²) in [5, 5.41) is 10.4. The number of benzene rings is 1. The highest BCUT2D eigenvalue weighted by Crippen LogP contribution is 2.30. The summed E-state index contributed by atoms with van der Waals surface area (Å²) >= 11 is 0. The van der Waals surface area contributed by atoms with Gasteiger partial charge in [0, 0.05) is 16.7 Å². The highest BCUT2D eigenvalue weighted by atomic mass is 16.3. The predicted molar refractivity (Wildman–Crippen MR) is 123 cm³/mol. The molecule has 1 atom stereocenters. The van der Waals surface area contributed by atoms with Gasteiger partial charge >= 0.3 is 0 Å². The number of allylic oxidation sites excluding steroid dienone is 3. The summed E-state index contributed by atoms with van der Waals surface area (Å²) in [6.07, 6.45) is 21.6. The Kier molecular flexibility index (Phi) is 8.92. The van der Waals surface area contributed by atoms with Crippen LogP contribution < -0.4 is 0 Å². The lowest BCUT2D eigenvalue weighted by Gasteiger charge is -2.17. The van der Waals surface area contributed by atoms with E-state index in [0.29, 0.717) is 23.1 Å². The average molecular weight is 409 g/mol. The van der Waals surface area contributed by atoms with Crippen molar-refractivity contribution in [3.63, 3.8) is 0 Å². The molecule has 0 radical (unpaired) electrons. The molecule has 0 bridgehead atoms. The van der Waals surface area contributed by atoms with Crippen LogP contribution in [0.15, 0.2) is 42.0 Å². The van der Waals surface area contributed by atoms with Crippen molar-refractivity contribution in [1.29, 1.82) is 0 Å². The van der Waals surface area contributed by atoms with Crippen LogP contribution in [0.3, 0.4) is 0 Å². The number of unbranched alkanes of at least 4 members (excludes halogenated alkanes) is 9. The lowest BCUT2D eigenvalue weighted by molar-refractivity contribution is -0.112. The average Bonchev–Trinajstić information content (AvgIpc) is 3.28. The molecule has 0 aromatic heterocycles. The number of rotatable bonds is 13. The van der Waals surface area contributed by atoms with Crippen LogP contribution in [0.25, 0.3) is 5.76 Å². The molecule has 3 rings (SSSR count). The van der Waals surface area contributed by atoms with Crippen LogP contribution in [0.1, 0.15) is 106 Å². The highest BCUT2D eigenvalue weighted by Gasteiger charge is 2.31. The van der Waals surface area contributed by atoms with Crippen molar-refractivity contribution in [1.82, 2.24) is 0 Å². The van der Waals surface area contributed by atoms with Crippen molar-refractivity contribution in [2.75, 3.05) is 0 Å². The Morgan fingerprint density at radius 3 is 2.00 bits per heavy atom. The molecule has 0 spiro atoms. The molecule has 1 aromatic rings. The Morgan fingerprint density at radius 1 is 0.767 bits per heavy atom. The molecular weight excluding hydrogens is 372 g/mol. The lowest BCUT2D eigenvalue weighted by Crippen LogP contribution is -2.24. The molecule has 2 aliphatic carbocycles. The van der Waals surface area contributed by atoms with Crippen molar-refractivity contribution in [2.45, 2.75) is 89.9 Å².